The number of benzene rings is 2. The summed E-state index contributed by atoms with van der Waals surface area (Å²) in [6.07, 6.45) is 4.45. The lowest BCUT2D eigenvalue weighted by molar-refractivity contribution is 0.414. The van der Waals surface area contributed by atoms with E-state index in [0.29, 0.717) is 5.02 Å². The van der Waals surface area contributed by atoms with Crippen molar-refractivity contribution in [2.75, 3.05) is 43.1 Å². The van der Waals surface area contributed by atoms with E-state index in [1.165, 1.54) is 0 Å². The molecule has 0 unspecified atom stereocenters. The molecule has 1 aliphatic heterocycles. The SMILES string of the molecule is COc1ccccc1N1CCCN(c2ncnc3c2cnn3-c2ccccc2Cl)CC1. The van der Waals surface area contributed by atoms with Gasteiger partial charge < -0.3 is 14.5 Å². The lowest BCUT2D eigenvalue weighted by Crippen LogP contribution is -2.31. The van der Waals surface area contributed by atoms with E-state index in [-0.39, 0.29) is 0 Å². The second kappa shape index (κ2) is 8.43. The Balaban J connectivity index is 1.45. The molecule has 2 aromatic carbocycles. The van der Waals surface area contributed by atoms with Crippen LogP contribution >= 0.6 is 11.6 Å². The number of para-hydroxylation sites is 3. The first kappa shape index (κ1) is 19.6. The van der Waals surface area contributed by atoms with Gasteiger partial charge in [0.1, 0.15) is 17.9 Å². The van der Waals surface area contributed by atoms with Crippen LogP contribution in [0.15, 0.2) is 61.1 Å². The molecular weight excluding hydrogens is 412 g/mol. The van der Waals surface area contributed by atoms with Crippen molar-refractivity contribution in [2.45, 2.75) is 6.42 Å². The van der Waals surface area contributed by atoms with E-state index < -0.39 is 0 Å². The molecule has 1 saturated heterocycles. The molecule has 4 aromatic rings. The van der Waals surface area contributed by atoms with Crippen LogP contribution < -0.4 is 14.5 Å². The second-order valence-corrected chi connectivity index (χ2v) is 7.85. The molecule has 1 fully saturated rings. The third-order valence-electron chi connectivity index (χ3n) is 5.65. The van der Waals surface area contributed by atoms with Crippen molar-refractivity contribution in [1.82, 2.24) is 19.7 Å². The minimum Gasteiger partial charge on any atom is -0.495 e. The summed E-state index contributed by atoms with van der Waals surface area (Å²) >= 11 is 6.39. The van der Waals surface area contributed by atoms with Crippen molar-refractivity contribution < 1.29 is 4.74 Å². The summed E-state index contributed by atoms with van der Waals surface area (Å²) in [7, 11) is 1.72. The van der Waals surface area contributed by atoms with Gasteiger partial charge in [-0.2, -0.15) is 5.10 Å². The Morgan fingerprint density at radius 3 is 2.45 bits per heavy atom. The zero-order chi connectivity index (χ0) is 21.2. The number of anilines is 2. The van der Waals surface area contributed by atoms with E-state index in [2.05, 4.69) is 37.0 Å². The number of methoxy groups -OCH3 is 1. The molecule has 0 bridgehead atoms. The monoisotopic (exact) mass is 434 g/mol. The standard InChI is InChI=1S/C23H23ClN6O/c1-31-21-10-5-4-9-20(21)28-11-6-12-29(14-13-28)22-17-15-27-30(23(17)26-16-25-22)19-8-3-2-7-18(19)24/h2-5,7-10,15-16H,6,11-14H2,1H3. The molecular formula is C23H23ClN6O. The van der Waals surface area contributed by atoms with E-state index >= 15 is 0 Å². The summed E-state index contributed by atoms with van der Waals surface area (Å²) in [4.78, 5) is 13.8. The molecule has 8 heteroatoms. The molecule has 158 valence electrons. The average Bonchev–Trinajstić information content (AvgIpc) is 3.09. The van der Waals surface area contributed by atoms with E-state index in [9.17, 15) is 0 Å². The normalized spacial score (nSPS) is 14.6. The van der Waals surface area contributed by atoms with Crippen LogP contribution in [0.1, 0.15) is 6.42 Å². The number of hydrogen-bond acceptors (Lipinski definition) is 6. The number of rotatable bonds is 4. The molecule has 0 atom stereocenters. The number of ether oxygens (including phenoxy) is 1. The van der Waals surface area contributed by atoms with E-state index in [4.69, 9.17) is 16.3 Å². The van der Waals surface area contributed by atoms with Gasteiger partial charge in [0.25, 0.3) is 0 Å². The number of halogens is 1. The van der Waals surface area contributed by atoms with Crippen LogP contribution in [0.4, 0.5) is 11.5 Å². The average molecular weight is 435 g/mol. The minimum atomic E-state index is 0.634. The van der Waals surface area contributed by atoms with Crippen molar-refractivity contribution in [1.29, 1.82) is 0 Å². The smallest absolute Gasteiger partial charge is 0.168 e. The molecule has 1 aliphatic rings. The highest BCUT2D eigenvalue weighted by molar-refractivity contribution is 6.32. The van der Waals surface area contributed by atoms with Gasteiger partial charge in [-0.25, -0.2) is 14.6 Å². The minimum absolute atomic E-state index is 0.634. The fourth-order valence-corrected chi connectivity index (χ4v) is 4.36. The van der Waals surface area contributed by atoms with Crippen molar-refractivity contribution in [3.05, 3.63) is 66.1 Å². The lowest BCUT2D eigenvalue weighted by Gasteiger charge is -2.25. The Morgan fingerprint density at radius 1 is 0.871 bits per heavy atom. The maximum atomic E-state index is 6.39. The Bertz CT molecular complexity index is 1210. The van der Waals surface area contributed by atoms with Gasteiger partial charge in [-0.05, 0) is 30.7 Å². The third-order valence-corrected chi connectivity index (χ3v) is 5.97. The zero-order valence-corrected chi connectivity index (χ0v) is 18.0. The Hall–Kier alpha value is -3.32. The van der Waals surface area contributed by atoms with Gasteiger partial charge >= 0.3 is 0 Å². The molecule has 0 saturated carbocycles. The van der Waals surface area contributed by atoms with Crippen molar-refractivity contribution in [3.63, 3.8) is 0 Å². The number of aromatic nitrogens is 4. The van der Waals surface area contributed by atoms with Crippen LogP contribution in [0.5, 0.6) is 5.75 Å². The molecule has 0 amide bonds. The van der Waals surface area contributed by atoms with Crippen molar-refractivity contribution in [2.24, 2.45) is 0 Å². The summed E-state index contributed by atoms with van der Waals surface area (Å²) in [5, 5.41) is 6.13. The summed E-state index contributed by atoms with van der Waals surface area (Å²) in [6, 6.07) is 15.8. The first-order chi connectivity index (χ1) is 15.3. The quantitative estimate of drug-likeness (QED) is 0.480. The predicted molar refractivity (Wildman–Crippen MR) is 124 cm³/mol. The molecule has 5 rings (SSSR count). The fraction of sp³-hybridized carbons (Fsp3) is 0.261. The number of hydrogen-bond donors (Lipinski definition) is 0. The first-order valence-electron chi connectivity index (χ1n) is 10.3. The third kappa shape index (κ3) is 3.65. The molecule has 0 radical (unpaired) electrons. The molecule has 0 spiro atoms. The summed E-state index contributed by atoms with van der Waals surface area (Å²) in [6.45, 7) is 3.60. The predicted octanol–water partition coefficient (Wildman–Crippen LogP) is 4.19. The lowest BCUT2D eigenvalue weighted by atomic mass is 10.2. The highest BCUT2D eigenvalue weighted by Gasteiger charge is 2.21. The maximum Gasteiger partial charge on any atom is 0.168 e. The van der Waals surface area contributed by atoms with Gasteiger partial charge in [-0.1, -0.05) is 35.9 Å². The van der Waals surface area contributed by atoms with Crippen molar-refractivity contribution >= 4 is 34.1 Å². The maximum absolute atomic E-state index is 6.39. The summed E-state index contributed by atoms with van der Waals surface area (Å²) in [5.41, 5.74) is 2.69. The van der Waals surface area contributed by atoms with Gasteiger partial charge in [0.2, 0.25) is 0 Å². The van der Waals surface area contributed by atoms with Gasteiger partial charge in [0.15, 0.2) is 5.65 Å². The Labute approximate surface area is 185 Å². The fourth-order valence-electron chi connectivity index (χ4n) is 4.14. The first-order valence-corrected chi connectivity index (χ1v) is 10.7. The Kier molecular flexibility index (Phi) is 5.34. The van der Waals surface area contributed by atoms with Gasteiger partial charge in [-0.15, -0.1) is 0 Å². The molecule has 2 aromatic heterocycles. The van der Waals surface area contributed by atoms with Crippen LogP contribution in [0.2, 0.25) is 5.02 Å². The van der Waals surface area contributed by atoms with Crippen molar-refractivity contribution in [3.8, 4) is 11.4 Å². The number of fused-ring (bicyclic) bond motifs is 1. The molecule has 0 N–H and O–H groups in total. The summed E-state index contributed by atoms with van der Waals surface area (Å²) in [5.74, 6) is 1.81. The zero-order valence-electron chi connectivity index (χ0n) is 17.3. The van der Waals surface area contributed by atoms with Crippen LogP contribution in [0.25, 0.3) is 16.7 Å². The van der Waals surface area contributed by atoms with E-state index in [1.54, 1.807) is 18.1 Å². The molecule has 3 heterocycles. The molecule has 0 aliphatic carbocycles. The second-order valence-electron chi connectivity index (χ2n) is 7.44. The van der Waals surface area contributed by atoms with E-state index in [1.807, 2.05) is 42.6 Å². The summed E-state index contributed by atoms with van der Waals surface area (Å²) < 4.78 is 7.34. The van der Waals surface area contributed by atoms with Gasteiger partial charge in [0, 0.05) is 26.2 Å². The van der Waals surface area contributed by atoms with Crippen LogP contribution in [-0.4, -0.2) is 53.0 Å². The van der Waals surface area contributed by atoms with E-state index in [0.717, 1.165) is 66.6 Å². The van der Waals surface area contributed by atoms with Crippen LogP contribution in [0, 0.1) is 0 Å². The Morgan fingerprint density at radius 2 is 1.61 bits per heavy atom. The number of nitrogens with zero attached hydrogens (tertiary/aromatic N) is 6. The van der Waals surface area contributed by atoms with Crippen LogP contribution in [-0.2, 0) is 0 Å². The molecule has 31 heavy (non-hydrogen) atoms. The largest absolute Gasteiger partial charge is 0.495 e. The van der Waals surface area contributed by atoms with Crippen LogP contribution in [0.3, 0.4) is 0 Å². The highest BCUT2D eigenvalue weighted by atomic mass is 35.5. The van der Waals surface area contributed by atoms with Gasteiger partial charge in [-0.3, -0.25) is 0 Å². The molecule has 7 nitrogen and oxygen atoms in total. The van der Waals surface area contributed by atoms with Gasteiger partial charge in [0.05, 0.1) is 35.1 Å². The topological polar surface area (TPSA) is 59.3 Å². The highest BCUT2D eigenvalue weighted by Crippen LogP contribution is 2.31.